The lowest BCUT2D eigenvalue weighted by Gasteiger charge is -2.38. The molecule has 2 N–H and O–H groups in total. The van der Waals surface area contributed by atoms with Crippen LogP contribution in [0.25, 0.3) is 0 Å². The average molecular weight is 492 g/mol. The molecule has 0 spiro atoms. The molecule has 36 heavy (non-hydrogen) atoms. The van der Waals surface area contributed by atoms with Gasteiger partial charge in [0, 0.05) is 37.4 Å². The summed E-state index contributed by atoms with van der Waals surface area (Å²) in [6, 6.07) is 13.0. The smallest absolute Gasteiger partial charge is 0.253 e. The fraction of sp³-hybridized carbons (Fsp3) is 0.429. The molecule has 3 heterocycles. The van der Waals surface area contributed by atoms with Gasteiger partial charge < -0.3 is 29.3 Å². The fourth-order valence-electron chi connectivity index (χ4n) is 5.17. The maximum absolute atomic E-state index is 14.2. The van der Waals surface area contributed by atoms with Crippen molar-refractivity contribution in [1.29, 1.82) is 0 Å². The summed E-state index contributed by atoms with van der Waals surface area (Å²) < 4.78 is 16.9. The van der Waals surface area contributed by atoms with Crippen molar-refractivity contribution in [2.75, 3.05) is 32.2 Å². The van der Waals surface area contributed by atoms with E-state index in [1.54, 1.807) is 13.2 Å². The molecule has 1 aromatic heterocycles. The molecule has 8 nitrogen and oxygen atoms in total. The predicted octanol–water partition coefficient (Wildman–Crippen LogP) is 4.37. The maximum Gasteiger partial charge on any atom is 0.253 e. The first-order valence-electron chi connectivity index (χ1n) is 12.6. The number of aliphatic hydroxyl groups is 1. The molecule has 0 bridgehead atoms. The molecule has 1 fully saturated rings. The molecule has 5 rings (SSSR count). The van der Waals surface area contributed by atoms with Gasteiger partial charge >= 0.3 is 0 Å². The molecule has 2 aliphatic heterocycles. The Bertz CT molecular complexity index is 1220. The number of hydrogen-bond donors (Lipinski definition) is 2. The van der Waals surface area contributed by atoms with Crippen molar-refractivity contribution in [2.24, 2.45) is 0 Å². The van der Waals surface area contributed by atoms with Gasteiger partial charge in [0.1, 0.15) is 11.5 Å². The number of carbonyl (C=O) groups is 1. The highest BCUT2D eigenvalue weighted by atomic mass is 16.5. The number of amides is 1. The highest BCUT2D eigenvalue weighted by Crippen LogP contribution is 2.37. The number of rotatable bonds is 8. The van der Waals surface area contributed by atoms with Crippen molar-refractivity contribution in [3.63, 3.8) is 0 Å². The van der Waals surface area contributed by atoms with Crippen molar-refractivity contribution in [3.05, 3.63) is 70.6 Å². The molecule has 0 saturated carbocycles. The number of nitrogens with one attached hydrogen (secondary N) is 1. The number of piperidine rings is 1. The lowest BCUT2D eigenvalue weighted by molar-refractivity contribution is -0.136. The van der Waals surface area contributed by atoms with Gasteiger partial charge in [-0.1, -0.05) is 17.3 Å². The van der Waals surface area contributed by atoms with E-state index in [9.17, 15) is 9.90 Å². The summed E-state index contributed by atoms with van der Waals surface area (Å²) >= 11 is 0. The molecule has 2 aliphatic rings. The Morgan fingerprint density at radius 2 is 2.14 bits per heavy atom. The van der Waals surface area contributed by atoms with E-state index >= 15 is 0 Å². The molecule has 3 aromatic rings. The van der Waals surface area contributed by atoms with Crippen molar-refractivity contribution >= 4 is 11.6 Å². The zero-order valence-corrected chi connectivity index (χ0v) is 20.8. The first kappa shape index (κ1) is 24.2. The van der Waals surface area contributed by atoms with Crippen LogP contribution in [0, 0.1) is 6.92 Å². The number of aliphatic hydroxyl groups excluding tert-OH is 1. The van der Waals surface area contributed by atoms with E-state index in [0.717, 1.165) is 42.6 Å². The van der Waals surface area contributed by atoms with Gasteiger partial charge in [0.2, 0.25) is 0 Å². The largest absolute Gasteiger partial charge is 0.497 e. The number of carbonyl (C=O) groups excluding carboxylic acids is 1. The number of likely N-dealkylation sites (tertiary alicyclic amines) is 1. The third-order valence-electron chi connectivity index (χ3n) is 6.98. The molecule has 2 unspecified atom stereocenters. The Balaban J connectivity index is 1.47. The summed E-state index contributed by atoms with van der Waals surface area (Å²) in [5.74, 6) is 1.98. The molecule has 1 amide bonds. The van der Waals surface area contributed by atoms with E-state index < -0.39 is 6.04 Å². The molecule has 0 aliphatic carbocycles. The monoisotopic (exact) mass is 491 g/mol. The van der Waals surface area contributed by atoms with Gasteiger partial charge in [-0.2, -0.15) is 0 Å². The van der Waals surface area contributed by atoms with Crippen LogP contribution in [-0.4, -0.2) is 47.9 Å². The predicted molar refractivity (Wildman–Crippen MR) is 135 cm³/mol. The third-order valence-corrected chi connectivity index (χ3v) is 6.98. The van der Waals surface area contributed by atoms with Crippen LogP contribution >= 0.6 is 0 Å². The van der Waals surface area contributed by atoms with Gasteiger partial charge in [-0.3, -0.25) is 4.79 Å². The van der Waals surface area contributed by atoms with Gasteiger partial charge in [-0.05, 0) is 67.5 Å². The number of anilines is 1. The minimum absolute atomic E-state index is 0.0240. The highest BCUT2D eigenvalue weighted by Gasteiger charge is 2.36. The normalized spacial score (nSPS) is 17.9. The summed E-state index contributed by atoms with van der Waals surface area (Å²) in [6.07, 6.45) is 4.32. The quantitative estimate of drug-likeness (QED) is 0.483. The number of ether oxygens (including phenoxy) is 2. The SMILES string of the molecule is COc1cc(CCO)cc(NC(C(=O)N2CCCCC2c2ccc3c(c2)OCC3)c2cc(C)no2)c1. The van der Waals surface area contributed by atoms with Gasteiger partial charge in [-0.25, -0.2) is 0 Å². The number of methoxy groups -OCH3 is 1. The van der Waals surface area contributed by atoms with Crippen molar-refractivity contribution in [3.8, 4) is 11.5 Å². The van der Waals surface area contributed by atoms with Gasteiger partial charge in [0.15, 0.2) is 11.8 Å². The molecule has 8 heteroatoms. The maximum atomic E-state index is 14.2. The first-order chi connectivity index (χ1) is 17.6. The zero-order valence-electron chi connectivity index (χ0n) is 20.8. The van der Waals surface area contributed by atoms with Gasteiger partial charge in [0.05, 0.1) is 25.5 Å². The zero-order chi connectivity index (χ0) is 25.1. The Hall–Kier alpha value is -3.52. The van der Waals surface area contributed by atoms with Crippen LogP contribution in [0.2, 0.25) is 0 Å². The summed E-state index contributed by atoms with van der Waals surface area (Å²) in [4.78, 5) is 16.1. The highest BCUT2D eigenvalue weighted by molar-refractivity contribution is 5.86. The van der Waals surface area contributed by atoms with Crippen molar-refractivity contribution < 1.29 is 23.9 Å². The third kappa shape index (κ3) is 5.04. The summed E-state index contributed by atoms with van der Waals surface area (Å²) in [6.45, 7) is 3.24. The lowest BCUT2D eigenvalue weighted by atomic mass is 9.93. The standard InChI is InChI=1S/C28H33N3O5/c1-18-13-26(36-30-18)27(29-22-14-19(8-11-32)15-23(17-22)34-2)28(33)31-10-4-3-5-24(31)21-7-6-20-9-12-35-25(20)16-21/h6-7,13-17,24,27,29,32H,3-5,8-12H2,1-2H3. The number of fused-ring (bicyclic) bond motifs is 1. The molecule has 190 valence electrons. The van der Waals surface area contributed by atoms with Gasteiger partial charge in [-0.15, -0.1) is 0 Å². The minimum atomic E-state index is -0.758. The summed E-state index contributed by atoms with van der Waals surface area (Å²) in [7, 11) is 1.60. The second-order valence-electron chi connectivity index (χ2n) is 9.50. The second-order valence-corrected chi connectivity index (χ2v) is 9.50. The summed E-state index contributed by atoms with van der Waals surface area (Å²) in [5.41, 5.74) is 4.66. The van der Waals surface area contributed by atoms with Crippen molar-refractivity contribution in [2.45, 2.75) is 51.1 Å². The topological polar surface area (TPSA) is 97.1 Å². The number of aromatic nitrogens is 1. The first-order valence-corrected chi connectivity index (χ1v) is 12.6. The fourth-order valence-corrected chi connectivity index (χ4v) is 5.17. The molecular weight excluding hydrogens is 458 g/mol. The minimum Gasteiger partial charge on any atom is -0.497 e. The van der Waals surface area contributed by atoms with Crippen molar-refractivity contribution in [1.82, 2.24) is 10.1 Å². The molecule has 1 saturated heterocycles. The van der Waals surface area contributed by atoms with Crippen LogP contribution in [0.5, 0.6) is 11.5 Å². The van der Waals surface area contributed by atoms with E-state index in [1.165, 1.54) is 5.56 Å². The Kier molecular flexibility index (Phi) is 7.13. The van der Waals surface area contributed by atoms with Crippen LogP contribution in [0.3, 0.4) is 0 Å². The van der Waals surface area contributed by atoms with E-state index in [2.05, 4.69) is 28.7 Å². The Morgan fingerprint density at radius 3 is 2.92 bits per heavy atom. The molecular formula is C28H33N3O5. The van der Waals surface area contributed by atoms with E-state index in [1.807, 2.05) is 30.0 Å². The number of hydrogen-bond acceptors (Lipinski definition) is 7. The van der Waals surface area contributed by atoms with Crippen LogP contribution in [-0.2, 0) is 17.6 Å². The number of benzene rings is 2. The van der Waals surface area contributed by atoms with Crippen LogP contribution < -0.4 is 14.8 Å². The number of aryl methyl sites for hydroxylation is 1. The van der Waals surface area contributed by atoms with E-state index in [0.29, 0.717) is 42.5 Å². The van der Waals surface area contributed by atoms with E-state index in [4.69, 9.17) is 14.0 Å². The Morgan fingerprint density at radius 1 is 1.25 bits per heavy atom. The average Bonchev–Trinajstić information content (AvgIpc) is 3.55. The number of nitrogens with zero attached hydrogens (tertiary/aromatic N) is 2. The van der Waals surface area contributed by atoms with Crippen LogP contribution in [0.15, 0.2) is 47.0 Å². The summed E-state index contributed by atoms with van der Waals surface area (Å²) in [5, 5.41) is 16.9. The molecule has 2 atom stereocenters. The van der Waals surface area contributed by atoms with Gasteiger partial charge in [0.25, 0.3) is 5.91 Å². The molecule has 0 radical (unpaired) electrons. The second kappa shape index (κ2) is 10.6. The lowest BCUT2D eigenvalue weighted by Crippen LogP contribution is -2.43. The van der Waals surface area contributed by atoms with Crippen LogP contribution in [0.1, 0.15) is 59.5 Å². The molecule has 2 aromatic carbocycles. The Labute approximate surface area is 211 Å². The van der Waals surface area contributed by atoms with Crippen LogP contribution in [0.4, 0.5) is 5.69 Å². The van der Waals surface area contributed by atoms with E-state index in [-0.39, 0.29) is 18.6 Å².